The van der Waals surface area contributed by atoms with Crippen LogP contribution in [0.1, 0.15) is 5.56 Å². The molecule has 20 heavy (non-hydrogen) atoms. The maximum absolute atomic E-state index is 11.1. The van der Waals surface area contributed by atoms with Crippen molar-refractivity contribution >= 4 is 25.8 Å². The number of hydrogen-bond donors (Lipinski definition) is 1. The van der Waals surface area contributed by atoms with Crippen molar-refractivity contribution in [2.45, 2.75) is 6.54 Å². The number of methoxy groups -OCH3 is 1. The molecule has 0 amide bonds. The van der Waals surface area contributed by atoms with Crippen LogP contribution in [0.4, 0.5) is 0 Å². The van der Waals surface area contributed by atoms with Gasteiger partial charge in [0.1, 0.15) is 12.4 Å². The minimum atomic E-state index is -3.01. The number of hydrogen-bond acceptors (Lipinski definition) is 5. The summed E-state index contributed by atoms with van der Waals surface area (Å²) in [6.07, 6.45) is 1.20. The van der Waals surface area contributed by atoms with Crippen molar-refractivity contribution < 1.29 is 17.9 Å². The molecule has 0 spiro atoms. The van der Waals surface area contributed by atoms with Crippen LogP contribution in [0.15, 0.2) is 22.7 Å². The van der Waals surface area contributed by atoms with Gasteiger partial charge in [-0.1, -0.05) is 15.9 Å². The predicted molar refractivity (Wildman–Crippen MR) is 82.9 cm³/mol. The van der Waals surface area contributed by atoms with Gasteiger partial charge in [0.2, 0.25) is 0 Å². The summed E-state index contributed by atoms with van der Waals surface area (Å²) < 4.78 is 33.7. The first-order valence-corrected chi connectivity index (χ1v) is 9.06. The number of rotatable bonds is 9. The minimum absolute atomic E-state index is 0.0135. The van der Waals surface area contributed by atoms with Crippen molar-refractivity contribution in [3.63, 3.8) is 0 Å². The van der Waals surface area contributed by atoms with Gasteiger partial charge in [-0.2, -0.15) is 0 Å². The van der Waals surface area contributed by atoms with Crippen LogP contribution in [0.5, 0.6) is 5.75 Å². The van der Waals surface area contributed by atoms with Gasteiger partial charge in [-0.25, -0.2) is 8.42 Å². The van der Waals surface area contributed by atoms with Crippen molar-refractivity contribution in [3.8, 4) is 5.75 Å². The average molecular weight is 366 g/mol. The van der Waals surface area contributed by atoms with Gasteiger partial charge in [0.15, 0.2) is 9.84 Å². The number of benzene rings is 1. The summed E-state index contributed by atoms with van der Waals surface area (Å²) >= 11 is 3.41. The number of nitrogens with one attached hydrogen (secondary N) is 1. The van der Waals surface area contributed by atoms with Crippen molar-refractivity contribution in [1.82, 2.24) is 5.32 Å². The highest BCUT2D eigenvalue weighted by molar-refractivity contribution is 9.10. The van der Waals surface area contributed by atoms with Gasteiger partial charge in [-0.05, 0) is 18.2 Å². The third-order valence-corrected chi connectivity index (χ3v) is 3.93. The second-order valence-corrected chi connectivity index (χ2v) is 7.58. The van der Waals surface area contributed by atoms with Crippen LogP contribution in [0.25, 0.3) is 0 Å². The zero-order valence-corrected chi connectivity index (χ0v) is 14.1. The third-order valence-electron chi connectivity index (χ3n) is 2.53. The molecule has 0 aliphatic carbocycles. The van der Waals surface area contributed by atoms with Crippen LogP contribution >= 0.6 is 15.9 Å². The highest BCUT2D eigenvalue weighted by Gasteiger charge is 2.07. The molecule has 7 heteroatoms. The van der Waals surface area contributed by atoms with E-state index in [0.717, 1.165) is 16.6 Å². The van der Waals surface area contributed by atoms with Gasteiger partial charge in [-0.15, -0.1) is 0 Å². The quantitative estimate of drug-likeness (QED) is 0.673. The molecule has 0 radical (unpaired) electrons. The van der Waals surface area contributed by atoms with Crippen LogP contribution in [0.3, 0.4) is 0 Å². The van der Waals surface area contributed by atoms with E-state index in [-0.39, 0.29) is 12.4 Å². The Labute approximate surface area is 128 Å². The lowest BCUT2D eigenvalue weighted by Crippen LogP contribution is -2.19. The number of sulfone groups is 1. The smallest absolute Gasteiger partial charge is 0.150 e. The topological polar surface area (TPSA) is 64.6 Å². The van der Waals surface area contributed by atoms with Gasteiger partial charge in [0.25, 0.3) is 0 Å². The number of halogens is 1. The molecule has 0 saturated heterocycles. The monoisotopic (exact) mass is 365 g/mol. The van der Waals surface area contributed by atoms with Crippen LogP contribution < -0.4 is 10.1 Å². The molecule has 1 rings (SSSR count). The zero-order valence-electron chi connectivity index (χ0n) is 11.7. The van der Waals surface area contributed by atoms with E-state index in [4.69, 9.17) is 9.47 Å². The first-order valence-electron chi connectivity index (χ1n) is 6.21. The second-order valence-electron chi connectivity index (χ2n) is 4.40. The molecule has 114 valence electrons. The lowest BCUT2D eigenvalue weighted by molar-refractivity contribution is 0.199. The molecule has 0 heterocycles. The molecule has 0 bridgehead atoms. The van der Waals surface area contributed by atoms with E-state index in [1.807, 2.05) is 18.2 Å². The van der Waals surface area contributed by atoms with Gasteiger partial charge < -0.3 is 14.8 Å². The molecule has 1 aromatic rings. The van der Waals surface area contributed by atoms with E-state index in [1.54, 1.807) is 7.11 Å². The van der Waals surface area contributed by atoms with Crippen molar-refractivity contribution in [1.29, 1.82) is 0 Å². The lowest BCUT2D eigenvalue weighted by atomic mass is 10.2. The summed E-state index contributed by atoms with van der Waals surface area (Å²) in [7, 11) is -1.35. The minimum Gasteiger partial charge on any atom is -0.492 e. The SMILES string of the molecule is COCCNCc1cc(Br)ccc1OCCS(C)(=O)=O. The summed E-state index contributed by atoms with van der Waals surface area (Å²) in [5.41, 5.74) is 0.976. The summed E-state index contributed by atoms with van der Waals surface area (Å²) in [6, 6.07) is 5.66. The van der Waals surface area contributed by atoms with Crippen LogP contribution in [0, 0.1) is 0 Å². The Balaban J connectivity index is 2.60. The molecule has 1 aromatic carbocycles. The lowest BCUT2D eigenvalue weighted by Gasteiger charge is -2.12. The molecule has 5 nitrogen and oxygen atoms in total. The molecule has 0 aromatic heterocycles. The van der Waals surface area contributed by atoms with Gasteiger partial charge in [0.05, 0.1) is 12.4 Å². The van der Waals surface area contributed by atoms with E-state index in [2.05, 4.69) is 21.2 Å². The second kappa shape index (κ2) is 8.61. The fourth-order valence-electron chi connectivity index (χ4n) is 1.53. The first kappa shape index (κ1) is 17.4. The Morgan fingerprint density at radius 2 is 2.05 bits per heavy atom. The Hall–Kier alpha value is -0.630. The Bertz CT molecular complexity index is 519. The summed E-state index contributed by atoms with van der Waals surface area (Å²) in [5.74, 6) is 0.710. The molecular formula is C13H20BrNO4S. The molecule has 0 saturated carbocycles. The molecule has 0 unspecified atom stereocenters. The van der Waals surface area contributed by atoms with E-state index in [0.29, 0.717) is 18.9 Å². The van der Waals surface area contributed by atoms with Crippen LogP contribution in [0.2, 0.25) is 0 Å². The largest absolute Gasteiger partial charge is 0.492 e. The highest BCUT2D eigenvalue weighted by atomic mass is 79.9. The third kappa shape index (κ3) is 7.23. The predicted octanol–water partition coefficient (Wildman–Crippen LogP) is 1.61. The fourth-order valence-corrected chi connectivity index (χ4v) is 2.32. The summed E-state index contributed by atoms with van der Waals surface area (Å²) in [4.78, 5) is 0. The van der Waals surface area contributed by atoms with Gasteiger partial charge >= 0.3 is 0 Å². The van der Waals surface area contributed by atoms with Crippen LogP contribution in [-0.4, -0.2) is 47.3 Å². The van der Waals surface area contributed by atoms with E-state index in [9.17, 15) is 8.42 Å². The zero-order chi connectivity index (χ0) is 15.0. The Morgan fingerprint density at radius 3 is 2.70 bits per heavy atom. The van der Waals surface area contributed by atoms with E-state index >= 15 is 0 Å². The summed E-state index contributed by atoms with van der Waals surface area (Å²) in [6.45, 7) is 2.17. The summed E-state index contributed by atoms with van der Waals surface area (Å²) in [5, 5.41) is 3.23. The first-order chi connectivity index (χ1) is 9.42. The normalized spacial score (nSPS) is 11.6. The maximum Gasteiger partial charge on any atom is 0.150 e. The molecule has 0 aliphatic rings. The molecule has 0 atom stereocenters. The molecule has 0 aliphatic heterocycles. The van der Waals surface area contributed by atoms with E-state index < -0.39 is 9.84 Å². The van der Waals surface area contributed by atoms with Crippen molar-refractivity contribution in [2.75, 3.05) is 38.9 Å². The van der Waals surface area contributed by atoms with Crippen molar-refractivity contribution in [2.24, 2.45) is 0 Å². The maximum atomic E-state index is 11.1. The fraction of sp³-hybridized carbons (Fsp3) is 0.538. The van der Waals surface area contributed by atoms with E-state index in [1.165, 1.54) is 6.26 Å². The standard InChI is InChI=1S/C13H20BrNO4S/c1-18-6-5-15-10-11-9-12(14)3-4-13(11)19-7-8-20(2,16)17/h3-4,9,15H,5-8,10H2,1-2H3. The number of ether oxygens (including phenoxy) is 2. The molecule has 1 N–H and O–H groups in total. The average Bonchev–Trinajstić information content (AvgIpc) is 2.35. The Kier molecular flexibility index (Phi) is 7.50. The molecular weight excluding hydrogens is 346 g/mol. The Morgan fingerprint density at radius 1 is 1.30 bits per heavy atom. The van der Waals surface area contributed by atoms with Gasteiger partial charge in [-0.3, -0.25) is 0 Å². The molecule has 0 fully saturated rings. The van der Waals surface area contributed by atoms with Crippen molar-refractivity contribution in [3.05, 3.63) is 28.2 Å². The highest BCUT2D eigenvalue weighted by Crippen LogP contribution is 2.23. The van der Waals surface area contributed by atoms with Crippen LogP contribution in [-0.2, 0) is 21.1 Å². The van der Waals surface area contributed by atoms with Gasteiger partial charge in [0, 0.05) is 36.5 Å².